The first-order valence-electron chi connectivity index (χ1n) is 6.16. The SMILES string of the molecule is CCC(C)NC(=NC)NCCC(=O)OC(C)C. The molecular weight excluding hydrogens is 218 g/mol. The Balaban J connectivity index is 3.81. The Morgan fingerprint density at radius 3 is 2.47 bits per heavy atom. The smallest absolute Gasteiger partial charge is 0.307 e. The molecule has 100 valence electrons. The summed E-state index contributed by atoms with van der Waals surface area (Å²) < 4.78 is 5.03. The van der Waals surface area contributed by atoms with Crippen LogP contribution >= 0.6 is 0 Å². The third kappa shape index (κ3) is 8.54. The Labute approximate surface area is 104 Å². The molecule has 17 heavy (non-hydrogen) atoms. The van der Waals surface area contributed by atoms with Crippen molar-refractivity contribution in [2.24, 2.45) is 4.99 Å². The van der Waals surface area contributed by atoms with Crippen LogP contribution in [0.5, 0.6) is 0 Å². The van der Waals surface area contributed by atoms with Crippen LogP contribution in [-0.2, 0) is 9.53 Å². The average molecular weight is 243 g/mol. The van der Waals surface area contributed by atoms with Crippen molar-refractivity contribution in [3.8, 4) is 0 Å². The molecule has 0 saturated carbocycles. The number of nitrogens with zero attached hydrogens (tertiary/aromatic N) is 1. The maximum atomic E-state index is 11.3. The molecule has 5 heteroatoms. The van der Waals surface area contributed by atoms with E-state index in [1.807, 2.05) is 13.8 Å². The second kappa shape index (κ2) is 8.84. The number of carbonyl (C=O) groups is 1. The first kappa shape index (κ1) is 15.7. The zero-order valence-electron chi connectivity index (χ0n) is 11.5. The van der Waals surface area contributed by atoms with Gasteiger partial charge in [-0.2, -0.15) is 0 Å². The van der Waals surface area contributed by atoms with Crippen LogP contribution in [0.1, 0.15) is 40.5 Å². The topological polar surface area (TPSA) is 62.7 Å². The fraction of sp³-hybridized carbons (Fsp3) is 0.833. The summed E-state index contributed by atoms with van der Waals surface area (Å²) in [6.07, 6.45) is 1.32. The van der Waals surface area contributed by atoms with Crippen LogP contribution in [0.3, 0.4) is 0 Å². The van der Waals surface area contributed by atoms with Gasteiger partial charge in [-0.3, -0.25) is 9.79 Å². The van der Waals surface area contributed by atoms with E-state index in [0.717, 1.165) is 12.4 Å². The highest BCUT2D eigenvalue weighted by Crippen LogP contribution is 1.92. The lowest BCUT2D eigenvalue weighted by Gasteiger charge is -2.16. The highest BCUT2D eigenvalue weighted by Gasteiger charge is 2.06. The van der Waals surface area contributed by atoms with Crippen molar-refractivity contribution in [2.75, 3.05) is 13.6 Å². The summed E-state index contributed by atoms with van der Waals surface area (Å²) in [7, 11) is 1.71. The minimum absolute atomic E-state index is 0.0555. The van der Waals surface area contributed by atoms with Crippen molar-refractivity contribution < 1.29 is 9.53 Å². The highest BCUT2D eigenvalue weighted by atomic mass is 16.5. The van der Waals surface area contributed by atoms with E-state index in [4.69, 9.17) is 4.74 Å². The Hall–Kier alpha value is -1.26. The normalized spacial score (nSPS) is 13.4. The molecule has 0 spiro atoms. The molecule has 0 bridgehead atoms. The number of aliphatic imine (C=N–C) groups is 1. The second-order valence-corrected chi connectivity index (χ2v) is 4.24. The molecule has 0 aromatic carbocycles. The van der Waals surface area contributed by atoms with E-state index >= 15 is 0 Å². The van der Waals surface area contributed by atoms with Crippen molar-refractivity contribution in [2.45, 2.75) is 52.7 Å². The predicted molar refractivity (Wildman–Crippen MR) is 70.1 cm³/mol. The quantitative estimate of drug-likeness (QED) is 0.419. The van der Waals surface area contributed by atoms with Crippen LogP contribution in [0, 0.1) is 0 Å². The number of hydrogen-bond donors (Lipinski definition) is 2. The lowest BCUT2D eigenvalue weighted by molar-refractivity contribution is -0.147. The molecule has 1 unspecified atom stereocenters. The number of rotatable bonds is 6. The van der Waals surface area contributed by atoms with E-state index in [1.54, 1.807) is 7.05 Å². The van der Waals surface area contributed by atoms with Gasteiger partial charge in [-0.1, -0.05) is 6.92 Å². The van der Waals surface area contributed by atoms with Gasteiger partial charge in [-0.25, -0.2) is 0 Å². The van der Waals surface area contributed by atoms with Crippen LogP contribution in [0.15, 0.2) is 4.99 Å². The Bertz CT molecular complexity index is 252. The van der Waals surface area contributed by atoms with Crippen LogP contribution < -0.4 is 10.6 Å². The summed E-state index contributed by atoms with van der Waals surface area (Å²) in [5, 5.41) is 6.29. The molecule has 0 heterocycles. The molecule has 0 aliphatic rings. The van der Waals surface area contributed by atoms with Gasteiger partial charge in [0.15, 0.2) is 5.96 Å². The van der Waals surface area contributed by atoms with Crippen LogP contribution in [-0.4, -0.2) is 37.7 Å². The van der Waals surface area contributed by atoms with Gasteiger partial charge in [0, 0.05) is 19.6 Å². The third-order valence-electron chi connectivity index (χ3n) is 2.21. The maximum Gasteiger partial charge on any atom is 0.307 e. The van der Waals surface area contributed by atoms with Crippen molar-refractivity contribution >= 4 is 11.9 Å². The van der Waals surface area contributed by atoms with Gasteiger partial charge in [0.05, 0.1) is 12.5 Å². The monoisotopic (exact) mass is 243 g/mol. The molecule has 0 amide bonds. The van der Waals surface area contributed by atoms with Gasteiger partial charge in [-0.05, 0) is 27.2 Å². The molecule has 0 fully saturated rings. The van der Waals surface area contributed by atoms with Crippen LogP contribution in [0.4, 0.5) is 0 Å². The zero-order valence-corrected chi connectivity index (χ0v) is 11.5. The summed E-state index contributed by atoms with van der Waals surface area (Å²) >= 11 is 0. The number of guanidine groups is 1. The van der Waals surface area contributed by atoms with E-state index in [1.165, 1.54) is 0 Å². The van der Waals surface area contributed by atoms with E-state index in [2.05, 4.69) is 29.5 Å². The molecular formula is C12H25N3O2. The Morgan fingerprint density at radius 1 is 1.35 bits per heavy atom. The fourth-order valence-corrected chi connectivity index (χ4v) is 1.13. The van der Waals surface area contributed by atoms with Crippen molar-refractivity contribution in [1.82, 2.24) is 10.6 Å². The molecule has 1 atom stereocenters. The molecule has 2 N–H and O–H groups in total. The lowest BCUT2D eigenvalue weighted by Crippen LogP contribution is -2.42. The van der Waals surface area contributed by atoms with E-state index in [0.29, 0.717) is 19.0 Å². The summed E-state index contributed by atoms with van der Waals surface area (Å²) in [5.41, 5.74) is 0. The van der Waals surface area contributed by atoms with Gasteiger partial charge < -0.3 is 15.4 Å². The number of esters is 1. The number of nitrogens with one attached hydrogen (secondary N) is 2. The predicted octanol–water partition coefficient (Wildman–Crippen LogP) is 1.29. The van der Waals surface area contributed by atoms with Crippen molar-refractivity contribution in [3.63, 3.8) is 0 Å². The molecule has 0 aromatic heterocycles. The molecule has 0 aliphatic heterocycles. The Morgan fingerprint density at radius 2 is 2.00 bits per heavy atom. The van der Waals surface area contributed by atoms with E-state index in [9.17, 15) is 4.79 Å². The van der Waals surface area contributed by atoms with E-state index < -0.39 is 0 Å². The van der Waals surface area contributed by atoms with Gasteiger partial charge in [-0.15, -0.1) is 0 Å². The first-order chi connectivity index (χ1) is 7.99. The standard InChI is InChI=1S/C12H25N3O2/c1-6-10(4)15-12(13-5)14-8-7-11(16)17-9(2)3/h9-10H,6-8H2,1-5H3,(H2,13,14,15). The molecule has 0 aliphatic carbocycles. The minimum Gasteiger partial charge on any atom is -0.463 e. The lowest BCUT2D eigenvalue weighted by atomic mass is 10.3. The summed E-state index contributed by atoms with van der Waals surface area (Å²) in [6.45, 7) is 8.40. The maximum absolute atomic E-state index is 11.3. The molecule has 0 radical (unpaired) electrons. The molecule has 0 rings (SSSR count). The Kier molecular flexibility index (Phi) is 8.19. The second-order valence-electron chi connectivity index (χ2n) is 4.24. The fourth-order valence-electron chi connectivity index (χ4n) is 1.13. The van der Waals surface area contributed by atoms with E-state index in [-0.39, 0.29) is 12.1 Å². The molecule has 5 nitrogen and oxygen atoms in total. The molecule has 0 saturated heterocycles. The van der Waals surface area contributed by atoms with Gasteiger partial charge in [0.2, 0.25) is 0 Å². The van der Waals surface area contributed by atoms with Crippen LogP contribution in [0.2, 0.25) is 0 Å². The summed E-state index contributed by atoms with van der Waals surface area (Å²) in [4.78, 5) is 15.4. The van der Waals surface area contributed by atoms with Crippen molar-refractivity contribution in [1.29, 1.82) is 0 Å². The highest BCUT2D eigenvalue weighted by molar-refractivity contribution is 5.80. The summed E-state index contributed by atoms with van der Waals surface area (Å²) in [5.74, 6) is 0.531. The largest absolute Gasteiger partial charge is 0.463 e. The third-order valence-corrected chi connectivity index (χ3v) is 2.21. The average Bonchev–Trinajstić information content (AvgIpc) is 2.26. The van der Waals surface area contributed by atoms with Gasteiger partial charge in [0.1, 0.15) is 0 Å². The van der Waals surface area contributed by atoms with Crippen molar-refractivity contribution in [3.05, 3.63) is 0 Å². The minimum atomic E-state index is -0.188. The van der Waals surface area contributed by atoms with Gasteiger partial charge in [0.25, 0.3) is 0 Å². The molecule has 0 aromatic rings. The van der Waals surface area contributed by atoms with Gasteiger partial charge >= 0.3 is 5.97 Å². The van der Waals surface area contributed by atoms with Crippen LogP contribution in [0.25, 0.3) is 0 Å². The first-order valence-corrected chi connectivity index (χ1v) is 6.16. The zero-order chi connectivity index (χ0) is 13.3. The number of ether oxygens (including phenoxy) is 1. The number of carbonyl (C=O) groups excluding carboxylic acids is 1. The summed E-state index contributed by atoms with van der Waals surface area (Å²) in [6, 6.07) is 0.365. The number of hydrogen-bond acceptors (Lipinski definition) is 3.